The van der Waals surface area contributed by atoms with Crippen molar-refractivity contribution in [2.24, 2.45) is 0 Å². The highest BCUT2D eigenvalue weighted by molar-refractivity contribution is 7.86. The second kappa shape index (κ2) is 9.02. The molecular weight excluding hydrogens is 383 g/mol. The molecule has 7 nitrogen and oxygen atoms in total. The van der Waals surface area contributed by atoms with E-state index in [1.165, 1.54) is 16.4 Å². The third-order valence-corrected chi connectivity index (χ3v) is 7.18. The van der Waals surface area contributed by atoms with Crippen molar-refractivity contribution in [3.63, 3.8) is 0 Å². The molecule has 28 heavy (non-hydrogen) atoms. The van der Waals surface area contributed by atoms with Crippen LogP contribution in [0.1, 0.15) is 37.6 Å². The highest BCUT2D eigenvalue weighted by Gasteiger charge is 2.35. The number of aromatic nitrogens is 2. The number of nitrogens with zero attached hydrogens (tertiary/aromatic N) is 3. The van der Waals surface area contributed by atoms with Crippen LogP contribution in [0.3, 0.4) is 0 Å². The van der Waals surface area contributed by atoms with Crippen LogP contribution in [0.5, 0.6) is 5.75 Å². The number of halogens is 1. The van der Waals surface area contributed by atoms with Crippen molar-refractivity contribution >= 4 is 10.2 Å². The Balaban J connectivity index is 1.53. The number of rotatable bonds is 9. The van der Waals surface area contributed by atoms with E-state index in [1.54, 1.807) is 16.4 Å². The summed E-state index contributed by atoms with van der Waals surface area (Å²) in [4.78, 5) is 0. The van der Waals surface area contributed by atoms with Crippen molar-refractivity contribution in [3.8, 4) is 5.75 Å². The number of aromatic amines is 1. The summed E-state index contributed by atoms with van der Waals surface area (Å²) in [7, 11) is -3.40. The molecular formula is C19H27FN4O3S. The zero-order valence-electron chi connectivity index (χ0n) is 16.3. The topological polar surface area (TPSA) is 78.5 Å². The largest absolute Gasteiger partial charge is 0.493 e. The summed E-state index contributed by atoms with van der Waals surface area (Å²) in [5, 5.41) is 7.38. The van der Waals surface area contributed by atoms with Crippen LogP contribution < -0.4 is 4.74 Å². The normalized spacial score (nSPS) is 18.1. The van der Waals surface area contributed by atoms with Crippen LogP contribution in [0.25, 0.3) is 0 Å². The van der Waals surface area contributed by atoms with Gasteiger partial charge in [0.1, 0.15) is 11.6 Å². The lowest BCUT2D eigenvalue weighted by Crippen LogP contribution is -2.42. The number of hydrogen-bond donors (Lipinski definition) is 1. The zero-order valence-corrected chi connectivity index (χ0v) is 17.1. The molecule has 1 aromatic carbocycles. The van der Waals surface area contributed by atoms with Gasteiger partial charge in [-0.15, -0.1) is 0 Å². The maximum absolute atomic E-state index is 12.9. The van der Waals surface area contributed by atoms with Crippen molar-refractivity contribution < 1.29 is 17.5 Å². The first-order chi connectivity index (χ1) is 13.4. The molecule has 1 fully saturated rings. The molecule has 1 N–H and O–H groups in total. The second-order valence-corrected chi connectivity index (χ2v) is 8.73. The lowest BCUT2D eigenvalue weighted by molar-refractivity contribution is 0.320. The summed E-state index contributed by atoms with van der Waals surface area (Å²) >= 11 is 0. The highest BCUT2D eigenvalue weighted by atomic mass is 32.2. The van der Waals surface area contributed by atoms with Gasteiger partial charge in [0.05, 0.1) is 12.3 Å². The van der Waals surface area contributed by atoms with Crippen molar-refractivity contribution in [3.05, 3.63) is 47.5 Å². The van der Waals surface area contributed by atoms with E-state index in [0.717, 1.165) is 17.8 Å². The van der Waals surface area contributed by atoms with Crippen LogP contribution in [0.4, 0.5) is 4.39 Å². The highest BCUT2D eigenvalue weighted by Crippen LogP contribution is 2.29. The van der Waals surface area contributed by atoms with Crippen LogP contribution >= 0.6 is 0 Å². The summed E-state index contributed by atoms with van der Waals surface area (Å²) in [6.45, 7) is 6.06. The molecule has 0 amide bonds. The van der Waals surface area contributed by atoms with E-state index in [1.807, 2.05) is 19.9 Å². The summed E-state index contributed by atoms with van der Waals surface area (Å²) in [5.41, 5.74) is 1.82. The Hall–Kier alpha value is -1.97. The predicted octanol–water partition coefficient (Wildman–Crippen LogP) is 2.55. The van der Waals surface area contributed by atoms with E-state index in [2.05, 4.69) is 10.2 Å². The molecule has 154 valence electrons. The van der Waals surface area contributed by atoms with E-state index in [0.29, 0.717) is 45.0 Å². The van der Waals surface area contributed by atoms with Gasteiger partial charge in [0.15, 0.2) is 0 Å². The van der Waals surface area contributed by atoms with Gasteiger partial charge in [0, 0.05) is 44.2 Å². The van der Waals surface area contributed by atoms with E-state index in [4.69, 9.17) is 4.74 Å². The van der Waals surface area contributed by atoms with E-state index in [-0.39, 0.29) is 11.7 Å². The molecule has 1 aliphatic rings. The summed E-state index contributed by atoms with van der Waals surface area (Å²) in [6, 6.07) is 7.89. The molecule has 0 radical (unpaired) electrons. The molecule has 1 saturated heterocycles. The lowest BCUT2D eigenvalue weighted by atomic mass is 10.0. The van der Waals surface area contributed by atoms with Gasteiger partial charge in [-0.1, -0.05) is 13.8 Å². The van der Waals surface area contributed by atoms with Gasteiger partial charge in [0.25, 0.3) is 10.2 Å². The number of nitrogens with one attached hydrogen (secondary N) is 1. The third-order valence-electron chi connectivity index (χ3n) is 5.03. The minimum absolute atomic E-state index is 0.0911. The Labute approximate surface area is 165 Å². The lowest BCUT2D eigenvalue weighted by Gasteiger charge is -2.25. The first kappa shape index (κ1) is 20.8. The molecule has 0 unspecified atom stereocenters. The van der Waals surface area contributed by atoms with Gasteiger partial charge in [0.2, 0.25) is 0 Å². The molecule has 0 bridgehead atoms. The van der Waals surface area contributed by atoms with Crippen molar-refractivity contribution in [2.45, 2.75) is 32.6 Å². The summed E-state index contributed by atoms with van der Waals surface area (Å²) in [5.74, 6) is 0.418. The fraction of sp³-hybridized carbons (Fsp3) is 0.526. The summed E-state index contributed by atoms with van der Waals surface area (Å²) in [6.07, 6.45) is 1.40. The van der Waals surface area contributed by atoms with Gasteiger partial charge in [-0.3, -0.25) is 5.10 Å². The maximum atomic E-state index is 12.9. The average molecular weight is 411 g/mol. The molecule has 2 aromatic rings. The van der Waals surface area contributed by atoms with Crippen molar-refractivity contribution in [1.29, 1.82) is 0 Å². The fourth-order valence-corrected chi connectivity index (χ4v) is 5.10. The van der Waals surface area contributed by atoms with Gasteiger partial charge < -0.3 is 4.74 Å². The van der Waals surface area contributed by atoms with Gasteiger partial charge in [-0.2, -0.15) is 22.1 Å². The predicted molar refractivity (Wildman–Crippen MR) is 105 cm³/mol. The minimum atomic E-state index is -3.40. The SMILES string of the molecule is CCN(CC)S(=O)(=O)N1CC[C@@H](c2cc(CCOc3ccc(F)cc3)[nH]n2)C1. The number of H-pyrrole nitrogens is 1. The quantitative estimate of drug-likeness (QED) is 0.689. The molecule has 0 spiro atoms. The molecule has 1 aromatic heterocycles. The molecule has 0 saturated carbocycles. The van der Waals surface area contributed by atoms with Gasteiger partial charge in [-0.05, 0) is 36.8 Å². The van der Waals surface area contributed by atoms with Crippen molar-refractivity contribution in [1.82, 2.24) is 18.8 Å². The first-order valence-electron chi connectivity index (χ1n) is 9.61. The fourth-order valence-electron chi connectivity index (χ4n) is 3.42. The second-order valence-electron chi connectivity index (χ2n) is 6.81. The minimum Gasteiger partial charge on any atom is -0.493 e. The maximum Gasteiger partial charge on any atom is 0.281 e. The van der Waals surface area contributed by atoms with Crippen molar-refractivity contribution in [2.75, 3.05) is 32.8 Å². The molecule has 3 rings (SSSR count). The molecule has 1 aliphatic heterocycles. The van der Waals surface area contributed by atoms with E-state index in [9.17, 15) is 12.8 Å². The van der Waals surface area contributed by atoms with E-state index >= 15 is 0 Å². The average Bonchev–Trinajstić information content (AvgIpc) is 3.34. The van der Waals surface area contributed by atoms with Crippen LogP contribution in [-0.2, 0) is 16.6 Å². The van der Waals surface area contributed by atoms with Gasteiger partial charge >= 0.3 is 0 Å². The Kier molecular flexibility index (Phi) is 6.69. The number of hydrogen-bond acceptors (Lipinski definition) is 4. The molecule has 2 heterocycles. The Morgan fingerprint density at radius 2 is 2.00 bits per heavy atom. The monoisotopic (exact) mass is 410 g/mol. The Morgan fingerprint density at radius 3 is 2.68 bits per heavy atom. The van der Waals surface area contributed by atoms with Crippen LogP contribution in [-0.4, -0.2) is 60.0 Å². The van der Waals surface area contributed by atoms with Crippen LogP contribution in [0, 0.1) is 5.82 Å². The molecule has 1 atom stereocenters. The number of benzene rings is 1. The van der Waals surface area contributed by atoms with Gasteiger partial charge in [-0.25, -0.2) is 4.39 Å². The Bertz CT molecular complexity index is 866. The first-order valence-corrected chi connectivity index (χ1v) is 11.0. The van der Waals surface area contributed by atoms with E-state index < -0.39 is 10.2 Å². The molecule has 0 aliphatic carbocycles. The van der Waals surface area contributed by atoms with Crippen LogP contribution in [0.2, 0.25) is 0 Å². The standard InChI is InChI=1S/C19H27FN4O3S/c1-3-23(4-2)28(25,26)24-11-9-15(14-24)19-13-17(21-22-19)10-12-27-18-7-5-16(20)6-8-18/h5-8,13,15H,3-4,9-12,14H2,1-2H3,(H,21,22)/t15-/m1/s1. The summed E-state index contributed by atoms with van der Waals surface area (Å²) < 4.78 is 46.9. The molecule has 9 heteroatoms. The number of ether oxygens (including phenoxy) is 1. The Morgan fingerprint density at radius 1 is 1.29 bits per heavy atom. The third kappa shape index (κ3) is 4.71. The zero-order chi connectivity index (χ0) is 20.1. The van der Waals surface area contributed by atoms with Crippen LogP contribution in [0.15, 0.2) is 30.3 Å². The smallest absolute Gasteiger partial charge is 0.281 e.